The fraction of sp³-hybridized carbons (Fsp3) is 0.0600. The highest BCUT2D eigenvalue weighted by molar-refractivity contribution is 5.81. The fourth-order valence-electron chi connectivity index (χ4n) is 7.60. The van der Waals surface area contributed by atoms with Gasteiger partial charge in [0.05, 0.1) is 17.0 Å². The summed E-state index contributed by atoms with van der Waals surface area (Å²) in [4.78, 5) is 10.3. The van der Waals surface area contributed by atoms with Crippen molar-refractivity contribution >= 4 is 0 Å². The van der Waals surface area contributed by atoms with E-state index >= 15 is 0 Å². The molecule has 0 saturated heterocycles. The van der Waals surface area contributed by atoms with Gasteiger partial charge in [-0.1, -0.05) is 159 Å². The van der Waals surface area contributed by atoms with Gasteiger partial charge in [-0.25, -0.2) is 9.97 Å². The Morgan fingerprint density at radius 3 is 1.56 bits per heavy atom. The summed E-state index contributed by atoms with van der Waals surface area (Å²) < 4.78 is 6.34. The number of hydrogen-bond donors (Lipinski definition) is 0. The summed E-state index contributed by atoms with van der Waals surface area (Å²) in [5, 5.41) is 10.7. The van der Waals surface area contributed by atoms with Gasteiger partial charge in [0, 0.05) is 38.8 Å². The monoisotopic (exact) mass is 693 g/mol. The Labute approximate surface area is 315 Å². The molecule has 0 fully saturated rings. The lowest BCUT2D eigenvalue weighted by atomic mass is 9.72. The number of fused-ring (bicyclic) bond motifs is 2. The van der Waals surface area contributed by atoms with Crippen LogP contribution in [0.5, 0.6) is 11.5 Å². The van der Waals surface area contributed by atoms with Crippen LogP contribution in [0.1, 0.15) is 30.5 Å². The predicted octanol–water partition coefficient (Wildman–Crippen LogP) is 12.8. The standard InChI is InChI=1S/C50H35N3O/c1-50(2)43-18-9-10-19-46(43)54-47-29-28-41(42(32-51)48(47)50)39-16-11-17-40(30-39)49-52-44(37-24-20-35(21-25-37)33-12-5-3-6-13-33)31-45(53-49)38-26-22-36(23-27-38)34-14-7-4-8-15-34/h3-31H,1-2H3. The number of rotatable bonds is 6. The van der Waals surface area contributed by atoms with Gasteiger partial charge in [0.15, 0.2) is 5.82 Å². The minimum absolute atomic E-state index is 0.429. The van der Waals surface area contributed by atoms with Crippen LogP contribution in [0.25, 0.3) is 67.3 Å². The molecule has 0 saturated carbocycles. The largest absolute Gasteiger partial charge is 0.457 e. The lowest BCUT2D eigenvalue weighted by Gasteiger charge is -2.35. The SMILES string of the molecule is CC1(C)c2ccccc2Oc2ccc(-c3cccc(-c4nc(-c5ccc(-c6ccccc6)cc5)cc(-c5ccc(-c6ccccc6)cc5)n4)c3)c(C#N)c21. The van der Waals surface area contributed by atoms with Crippen LogP contribution < -0.4 is 4.74 Å². The van der Waals surface area contributed by atoms with Crippen molar-refractivity contribution in [3.05, 3.63) is 193 Å². The maximum atomic E-state index is 10.7. The summed E-state index contributed by atoms with van der Waals surface area (Å²) in [6.45, 7) is 4.32. The molecule has 0 aliphatic carbocycles. The molecule has 54 heavy (non-hydrogen) atoms. The average molecular weight is 694 g/mol. The first-order valence-electron chi connectivity index (χ1n) is 18.1. The number of para-hydroxylation sites is 1. The van der Waals surface area contributed by atoms with Crippen molar-refractivity contribution < 1.29 is 4.74 Å². The van der Waals surface area contributed by atoms with Gasteiger partial charge in [0.1, 0.15) is 17.6 Å². The van der Waals surface area contributed by atoms with Crippen LogP contribution >= 0.6 is 0 Å². The molecule has 0 N–H and O–H groups in total. The first-order chi connectivity index (χ1) is 26.5. The minimum Gasteiger partial charge on any atom is -0.457 e. The predicted molar refractivity (Wildman–Crippen MR) is 218 cm³/mol. The molecule has 1 aromatic heterocycles. The van der Waals surface area contributed by atoms with E-state index in [-0.39, 0.29) is 0 Å². The Morgan fingerprint density at radius 2 is 0.963 bits per heavy atom. The van der Waals surface area contributed by atoms with Crippen molar-refractivity contribution in [2.45, 2.75) is 19.3 Å². The van der Waals surface area contributed by atoms with E-state index in [2.05, 4.69) is 135 Å². The first kappa shape index (κ1) is 32.8. The third-order valence-electron chi connectivity index (χ3n) is 10.4. The van der Waals surface area contributed by atoms with Crippen molar-refractivity contribution in [3.8, 4) is 84.9 Å². The third kappa shape index (κ3) is 5.92. The lowest BCUT2D eigenvalue weighted by molar-refractivity contribution is 0.417. The number of nitrogens with zero attached hydrogens (tertiary/aromatic N) is 3. The average Bonchev–Trinajstić information content (AvgIpc) is 3.24. The molecule has 8 aromatic rings. The van der Waals surface area contributed by atoms with E-state index in [1.807, 2.05) is 60.7 Å². The van der Waals surface area contributed by atoms with Crippen molar-refractivity contribution in [2.75, 3.05) is 0 Å². The van der Waals surface area contributed by atoms with Crippen LogP contribution in [0.4, 0.5) is 0 Å². The third-order valence-corrected chi connectivity index (χ3v) is 10.4. The van der Waals surface area contributed by atoms with Crippen molar-refractivity contribution in [3.63, 3.8) is 0 Å². The summed E-state index contributed by atoms with van der Waals surface area (Å²) >= 11 is 0. The van der Waals surface area contributed by atoms with Gasteiger partial charge in [0.25, 0.3) is 0 Å². The second-order valence-electron chi connectivity index (χ2n) is 14.1. The zero-order valence-electron chi connectivity index (χ0n) is 30.0. The number of hydrogen-bond acceptors (Lipinski definition) is 4. The Hall–Kier alpha value is -7.09. The number of ether oxygens (including phenoxy) is 1. The molecule has 0 bridgehead atoms. The lowest BCUT2D eigenvalue weighted by Crippen LogP contribution is -2.25. The maximum Gasteiger partial charge on any atom is 0.160 e. The van der Waals surface area contributed by atoms with E-state index in [0.717, 1.165) is 67.2 Å². The zero-order chi connectivity index (χ0) is 36.6. The molecule has 4 heteroatoms. The summed E-state index contributed by atoms with van der Waals surface area (Å²) in [5.41, 5.74) is 13.0. The number of benzene rings is 7. The highest BCUT2D eigenvalue weighted by Crippen LogP contribution is 2.50. The number of aromatic nitrogens is 2. The van der Waals surface area contributed by atoms with Gasteiger partial charge in [-0.05, 0) is 58.1 Å². The molecule has 7 aromatic carbocycles. The van der Waals surface area contributed by atoms with Crippen LogP contribution in [-0.2, 0) is 5.41 Å². The van der Waals surface area contributed by atoms with E-state index in [4.69, 9.17) is 14.7 Å². The summed E-state index contributed by atoms with van der Waals surface area (Å²) in [6, 6.07) is 62.7. The second kappa shape index (κ2) is 13.5. The van der Waals surface area contributed by atoms with Gasteiger partial charge in [-0.2, -0.15) is 5.26 Å². The summed E-state index contributed by atoms with van der Waals surface area (Å²) in [5.74, 6) is 2.15. The van der Waals surface area contributed by atoms with Crippen molar-refractivity contribution in [2.24, 2.45) is 0 Å². The van der Waals surface area contributed by atoms with E-state index in [0.29, 0.717) is 17.1 Å². The molecule has 0 radical (unpaired) electrons. The van der Waals surface area contributed by atoms with E-state index in [1.54, 1.807) is 0 Å². The van der Waals surface area contributed by atoms with Crippen molar-refractivity contribution in [1.82, 2.24) is 9.97 Å². The van der Waals surface area contributed by atoms with Gasteiger partial charge in [-0.3, -0.25) is 0 Å². The molecular formula is C50H35N3O. The fourth-order valence-corrected chi connectivity index (χ4v) is 7.60. The van der Waals surface area contributed by atoms with Crippen LogP contribution in [-0.4, -0.2) is 9.97 Å². The topological polar surface area (TPSA) is 58.8 Å². The molecule has 4 nitrogen and oxygen atoms in total. The maximum absolute atomic E-state index is 10.7. The van der Waals surface area contributed by atoms with Gasteiger partial charge >= 0.3 is 0 Å². The molecule has 9 rings (SSSR count). The Balaban J connectivity index is 1.15. The molecule has 0 atom stereocenters. The molecule has 1 aliphatic heterocycles. The van der Waals surface area contributed by atoms with Gasteiger partial charge < -0.3 is 4.74 Å². The molecule has 0 unspecified atom stereocenters. The van der Waals surface area contributed by atoms with Crippen LogP contribution in [0.2, 0.25) is 0 Å². The van der Waals surface area contributed by atoms with Gasteiger partial charge in [0.2, 0.25) is 0 Å². The highest BCUT2D eigenvalue weighted by atomic mass is 16.5. The molecular weight excluding hydrogens is 659 g/mol. The first-order valence-corrected chi connectivity index (χ1v) is 18.1. The van der Waals surface area contributed by atoms with Crippen LogP contribution in [0.15, 0.2) is 176 Å². The highest BCUT2D eigenvalue weighted by Gasteiger charge is 2.37. The zero-order valence-corrected chi connectivity index (χ0v) is 30.0. The molecule has 2 heterocycles. The normalized spacial score (nSPS) is 12.5. The molecule has 0 amide bonds. The van der Waals surface area contributed by atoms with Gasteiger partial charge in [-0.15, -0.1) is 0 Å². The Kier molecular flexibility index (Phi) is 8.18. The second-order valence-corrected chi connectivity index (χ2v) is 14.1. The quantitative estimate of drug-likeness (QED) is 0.174. The molecule has 1 aliphatic rings. The number of nitriles is 1. The Morgan fingerprint density at radius 1 is 0.463 bits per heavy atom. The summed E-state index contributed by atoms with van der Waals surface area (Å²) in [6.07, 6.45) is 0. The molecule has 0 spiro atoms. The Bertz CT molecular complexity index is 2590. The van der Waals surface area contributed by atoms with E-state index < -0.39 is 5.41 Å². The van der Waals surface area contributed by atoms with E-state index in [1.165, 1.54) is 11.1 Å². The van der Waals surface area contributed by atoms with Crippen molar-refractivity contribution in [1.29, 1.82) is 5.26 Å². The summed E-state index contributed by atoms with van der Waals surface area (Å²) in [7, 11) is 0. The smallest absolute Gasteiger partial charge is 0.160 e. The van der Waals surface area contributed by atoms with Crippen LogP contribution in [0.3, 0.4) is 0 Å². The minimum atomic E-state index is -0.429. The van der Waals surface area contributed by atoms with E-state index in [9.17, 15) is 5.26 Å². The molecule has 256 valence electrons. The van der Waals surface area contributed by atoms with Crippen LogP contribution in [0, 0.1) is 11.3 Å².